The van der Waals surface area contributed by atoms with Gasteiger partial charge in [0.2, 0.25) is 0 Å². The van der Waals surface area contributed by atoms with Crippen molar-refractivity contribution in [2.75, 3.05) is 4.90 Å². The van der Waals surface area contributed by atoms with E-state index in [9.17, 15) is 0 Å². The fourth-order valence-electron chi connectivity index (χ4n) is 10.5. The molecule has 282 valence electrons. The fraction of sp³-hybridized carbons (Fsp3) is 0.0526. The minimum atomic E-state index is -0.168. The standard InChI is InChI=1S/C57H37NO2/c1-57(2)47-25-11-9-20-40(47)41-30-29-36(33-48(41)57)58(50-32-35-16-3-5-17-37(35)39-19-7-8-21-42(39)50)49-26-14-28-52-54(49)46-31-34-15-4-6-18-38(34)53(56(46)60-52)45-24-13-23-44-43-22-10-12-27-51(43)59-55(44)45/h3-33H,1-2H3. The van der Waals surface area contributed by atoms with E-state index in [0.29, 0.717) is 0 Å². The lowest BCUT2D eigenvalue weighted by Gasteiger charge is -2.30. The van der Waals surface area contributed by atoms with Gasteiger partial charge in [0, 0.05) is 43.8 Å². The molecule has 0 aliphatic heterocycles. The fourth-order valence-corrected chi connectivity index (χ4v) is 10.5. The molecule has 2 heterocycles. The molecule has 3 nitrogen and oxygen atoms in total. The van der Waals surface area contributed by atoms with Crippen molar-refractivity contribution in [2.45, 2.75) is 19.3 Å². The van der Waals surface area contributed by atoms with Crippen LogP contribution in [0.1, 0.15) is 25.0 Å². The summed E-state index contributed by atoms with van der Waals surface area (Å²) in [7, 11) is 0. The van der Waals surface area contributed by atoms with Crippen molar-refractivity contribution < 1.29 is 8.83 Å². The Morgan fingerprint density at radius 1 is 0.383 bits per heavy atom. The van der Waals surface area contributed by atoms with Crippen LogP contribution in [0.4, 0.5) is 17.1 Å². The monoisotopic (exact) mass is 767 g/mol. The number of benzene rings is 10. The third-order valence-corrected chi connectivity index (χ3v) is 13.2. The Kier molecular flexibility index (Phi) is 6.78. The maximum Gasteiger partial charge on any atom is 0.144 e. The molecule has 1 aliphatic rings. The summed E-state index contributed by atoms with van der Waals surface area (Å²) in [6.07, 6.45) is 0. The van der Waals surface area contributed by atoms with Crippen molar-refractivity contribution in [1.29, 1.82) is 0 Å². The second-order valence-electron chi connectivity index (χ2n) is 16.8. The summed E-state index contributed by atoms with van der Waals surface area (Å²) in [5.74, 6) is 0. The summed E-state index contributed by atoms with van der Waals surface area (Å²) in [5.41, 5.74) is 13.9. The zero-order valence-corrected chi connectivity index (χ0v) is 33.2. The Morgan fingerprint density at radius 3 is 1.87 bits per heavy atom. The molecule has 0 amide bonds. The molecule has 2 aromatic heterocycles. The largest absolute Gasteiger partial charge is 0.455 e. The lowest BCUT2D eigenvalue weighted by atomic mass is 9.82. The highest BCUT2D eigenvalue weighted by Gasteiger charge is 2.36. The second kappa shape index (κ2) is 12.2. The average Bonchev–Trinajstić information content (AvgIpc) is 3.94. The predicted octanol–water partition coefficient (Wildman–Crippen LogP) is 16.4. The highest BCUT2D eigenvalue weighted by atomic mass is 16.3. The minimum Gasteiger partial charge on any atom is -0.455 e. The van der Waals surface area contributed by atoms with Gasteiger partial charge in [-0.15, -0.1) is 0 Å². The lowest BCUT2D eigenvalue weighted by molar-refractivity contribution is 0.660. The maximum absolute atomic E-state index is 7.17. The van der Waals surface area contributed by atoms with E-state index < -0.39 is 0 Å². The smallest absolute Gasteiger partial charge is 0.144 e. The zero-order valence-electron chi connectivity index (χ0n) is 33.2. The van der Waals surface area contributed by atoms with Gasteiger partial charge in [0.25, 0.3) is 0 Å². The van der Waals surface area contributed by atoms with E-state index in [1.165, 1.54) is 43.8 Å². The molecule has 0 unspecified atom stereocenters. The minimum absolute atomic E-state index is 0.168. The number of fused-ring (bicyclic) bond motifs is 13. The Bertz CT molecular complexity index is 3770. The average molecular weight is 768 g/mol. The van der Waals surface area contributed by atoms with Crippen LogP contribution < -0.4 is 4.90 Å². The Morgan fingerprint density at radius 2 is 1.00 bits per heavy atom. The molecule has 0 saturated heterocycles. The summed E-state index contributed by atoms with van der Waals surface area (Å²) >= 11 is 0. The maximum atomic E-state index is 7.17. The first-order chi connectivity index (χ1) is 29.5. The van der Waals surface area contributed by atoms with Gasteiger partial charge in [-0.05, 0) is 91.6 Å². The van der Waals surface area contributed by atoms with Gasteiger partial charge in [0.1, 0.15) is 22.3 Å². The first kappa shape index (κ1) is 33.4. The molecule has 0 N–H and O–H groups in total. The molecule has 0 fully saturated rings. The van der Waals surface area contributed by atoms with Crippen molar-refractivity contribution in [2.24, 2.45) is 0 Å². The van der Waals surface area contributed by atoms with Crippen molar-refractivity contribution >= 4 is 93.3 Å². The molecule has 0 radical (unpaired) electrons. The van der Waals surface area contributed by atoms with Crippen LogP contribution in [0.5, 0.6) is 0 Å². The number of furan rings is 2. The molecule has 3 heteroatoms. The number of rotatable bonds is 4. The number of anilines is 3. The van der Waals surface area contributed by atoms with E-state index in [2.05, 4.69) is 201 Å². The summed E-state index contributed by atoms with van der Waals surface area (Å²) < 4.78 is 13.9. The normalized spacial score (nSPS) is 13.3. The molecular weight excluding hydrogens is 731 g/mol. The van der Waals surface area contributed by atoms with Crippen LogP contribution in [0, 0.1) is 0 Å². The molecule has 0 bridgehead atoms. The van der Waals surface area contributed by atoms with Crippen molar-refractivity contribution in [3.05, 3.63) is 199 Å². The van der Waals surface area contributed by atoms with Crippen LogP contribution >= 0.6 is 0 Å². The number of nitrogens with zero attached hydrogens (tertiary/aromatic N) is 1. The molecule has 13 rings (SSSR count). The van der Waals surface area contributed by atoms with Gasteiger partial charge in [-0.1, -0.05) is 159 Å². The second-order valence-corrected chi connectivity index (χ2v) is 16.8. The molecule has 12 aromatic rings. The van der Waals surface area contributed by atoms with Crippen molar-refractivity contribution in [1.82, 2.24) is 0 Å². The molecule has 10 aromatic carbocycles. The molecule has 60 heavy (non-hydrogen) atoms. The number of hydrogen-bond donors (Lipinski definition) is 0. The van der Waals surface area contributed by atoms with Gasteiger partial charge in [0.05, 0.1) is 16.8 Å². The first-order valence-electron chi connectivity index (χ1n) is 20.8. The van der Waals surface area contributed by atoms with Gasteiger partial charge in [-0.25, -0.2) is 0 Å². The third kappa shape index (κ3) is 4.55. The van der Waals surface area contributed by atoms with Crippen molar-refractivity contribution in [3.8, 4) is 22.3 Å². The first-order valence-corrected chi connectivity index (χ1v) is 20.8. The van der Waals surface area contributed by atoms with Gasteiger partial charge in [-0.2, -0.15) is 0 Å². The van der Waals surface area contributed by atoms with E-state index in [1.807, 2.05) is 6.07 Å². The van der Waals surface area contributed by atoms with Crippen LogP contribution in [0.3, 0.4) is 0 Å². The van der Waals surface area contributed by atoms with Crippen LogP contribution in [0.2, 0.25) is 0 Å². The predicted molar refractivity (Wildman–Crippen MR) is 251 cm³/mol. The van der Waals surface area contributed by atoms with E-state index >= 15 is 0 Å². The topological polar surface area (TPSA) is 29.5 Å². The van der Waals surface area contributed by atoms with Crippen molar-refractivity contribution in [3.63, 3.8) is 0 Å². The number of hydrogen-bond acceptors (Lipinski definition) is 3. The molecular formula is C57H37NO2. The van der Waals surface area contributed by atoms with Gasteiger partial charge >= 0.3 is 0 Å². The van der Waals surface area contributed by atoms with Gasteiger partial charge in [-0.3, -0.25) is 0 Å². The quantitative estimate of drug-likeness (QED) is 0.167. The van der Waals surface area contributed by atoms with E-state index in [1.54, 1.807) is 0 Å². The third-order valence-electron chi connectivity index (χ3n) is 13.2. The van der Waals surface area contributed by atoms with E-state index in [0.717, 1.165) is 82.8 Å². The Labute approximate surface area is 346 Å². The van der Waals surface area contributed by atoms with Crippen LogP contribution in [-0.4, -0.2) is 0 Å². The number of para-hydroxylation sites is 2. The van der Waals surface area contributed by atoms with Gasteiger partial charge < -0.3 is 13.7 Å². The summed E-state index contributed by atoms with van der Waals surface area (Å²) in [4.78, 5) is 2.49. The molecule has 1 aliphatic carbocycles. The van der Waals surface area contributed by atoms with E-state index in [-0.39, 0.29) is 5.41 Å². The lowest BCUT2D eigenvalue weighted by Crippen LogP contribution is -2.16. The molecule has 0 saturated carbocycles. The SMILES string of the molecule is CC1(C)c2ccccc2-c2ccc(N(c3cc4ccccc4c4ccccc34)c3cccc4oc5c(-c6cccc7c6oc6ccccc67)c6ccccc6cc5c34)cc21. The Balaban J connectivity index is 1.15. The zero-order chi connectivity index (χ0) is 39.7. The van der Waals surface area contributed by atoms with Gasteiger partial charge in [0.15, 0.2) is 0 Å². The van der Waals surface area contributed by atoms with Crippen LogP contribution in [0.15, 0.2) is 197 Å². The highest BCUT2D eigenvalue weighted by molar-refractivity contribution is 6.25. The molecule has 0 spiro atoms. The molecule has 0 atom stereocenters. The highest BCUT2D eigenvalue weighted by Crippen LogP contribution is 2.53. The van der Waals surface area contributed by atoms with E-state index in [4.69, 9.17) is 8.83 Å². The summed E-state index contributed by atoms with van der Waals surface area (Å²) in [6.45, 7) is 4.72. The Hall–Kier alpha value is -7.62. The summed E-state index contributed by atoms with van der Waals surface area (Å²) in [6, 6.07) is 68.2. The van der Waals surface area contributed by atoms with Crippen LogP contribution in [0.25, 0.3) is 98.4 Å². The summed E-state index contributed by atoms with van der Waals surface area (Å²) in [5, 5.41) is 11.4. The van der Waals surface area contributed by atoms with Crippen LogP contribution in [-0.2, 0) is 5.41 Å².